The molecule has 1 unspecified atom stereocenters. The van der Waals surface area contributed by atoms with E-state index in [9.17, 15) is 4.79 Å². The van der Waals surface area contributed by atoms with Crippen LogP contribution in [-0.2, 0) is 17.6 Å². The van der Waals surface area contributed by atoms with E-state index in [1.54, 1.807) is 11.8 Å². The molecule has 0 aliphatic carbocycles. The summed E-state index contributed by atoms with van der Waals surface area (Å²) in [6.45, 7) is 2.06. The first-order valence-corrected chi connectivity index (χ1v) is 10.0. The van der Waals surface area contributed by atoms with Crippen LogP contribution in [0.5, 0.6) is 5.75 Å². The van der Waals surface area contributed by atoms with Crippen LogP contribution in [0.15, 0.2) is 57.9 Å². The number of fused-ring (bicyclic) bond motifs is 1. The molecule has 0 saturated carbocycles. The maximum atomic E-state index is 12.4. The number of rotatable bonds is 5. The zero-order valence-corrected chi connectivity index (χ0v) is 16.0. The maximum absolute atomic E-state index is 12.4. The first kappa shape index (κ1) is 17.7. The van der Waals surface area contributed by atoms with Gasteiger partial charge in [0.15, 0.2) is 5.76 Å². The second-order valence-electron chi connectivity index (χ2n) is 6.56. The van der Waals surface area contributed by atoms with Crippen LogP contribution < -0.4 is 10.1 Å². The van der Waals surface area contributed by atoms with Crippen LogP contribution in [0, 0.1) is 0 Å². The van der Waals surface area contributed by atoms with E-state index in [2.05, 4.69) is 23.5 Å². The lowest BCUT2D eigenvalue weighted by Crippen LogP contribution is -2.15. The Kier molecular flexibility index (Phi) is 4.90. The normalized spacial score (nSPS) is 15.3. The Morgan fingerprint density at radius 1 is 1.26 bits per heavy atom. The SMILES string of the molecule is CSc1ccccc1NC(=O)Cc1cc(-c2ccc3c(c2)CC(C)O3)on1. The van der Waals surface area contributed by atoms with E-state index < -0.39 is 0 Å². The van der Waals surface area contributed by atoms with Crippen LogP contribution in [-0.4, -0.2) is 23.4 Å². The summed E-state index contributed by atoms with van der Waals surface area (Å²) in [5.41, 5.74) is 3.53. The van der Waals surface area contributed by atoms with Gasteiger partial charge in [0.2, 0.25) is 5.91 Å². The number of thioether (sulfide) groups is 1. The van der Waals surface area contributed by atoms with E-state index in [1.165, 1.54) is 5.56 Å². The highest BCUT2D eigenvalue weighted by Gasteiger charge is 2.20. The molecule has 0 bridgehead atoms. The molecule has 138 valence electrons. The molecule has 0 radical (unpaired) electrons. The number of hydrogen-bond donors (Lipinski definition) is 1. The molecule has 1 atom stereocenters. The molecule has 5 nitrogen and oxygen atoms in total. The van der Waals surface area contributed by atoms with E-state index in [1.807, 2.05) is 48.7 Å². The summed E-state index contributed by atoms with van der Waals surface area (Å²) in [7, 11) is 0. The number of anilines is 1. The fourth-order valence-electron chi connectivity index (χ4n) is 3.21. The number of para-hydroxylation sites is 1. The van der Waals surface area contributed by atoms with E-state index in [4.69, 9.17) is 9.26 Å². The summed E-state index contributed by atoms with van der Waals surface area (Å²) in [6.07, 6.45) is 3.24. The van der Waals surface area contributed by atoms with E-state index >= 15 is 0 Å². The van der Waals surface area contributed by atoms with Gasteiger partial charge in [-0.2, -0.15) is 0 Å². The smallest absolute Gasteiger partial charge is 0.230 e. The van der Waals surface area contributed by atoms with Crippen molar-refractivity contribution in [1.29, 1.82) is 0 Å². The van der Waals surface area contributed by atoms with Crippen LogP contribution in [0.4, 0.5) is 5.69 Å². The number of hydrogen-bond acceptors (Lipinski definition) is 5. The Balaban J connectivity index is 1.45. The molecule has 4 rings (SSSR count). The van der Waals surface area contributed by atoms with Crippen LogP contribution in [0.25, 0.3) is 11.3 Å². The van der Waals surface area contributed by atoms with Crippen molar-refractivity contribution >= 4 is 23.4 Å². The summed E-state index contributed by atoms with van der Waals surface area (Å²) >= 11 is 1.60. The second-order valence-corrected chi connectivity index (χ2v) is 7.41. The topological polar surface area (TPSA) is 64.4 Å². The largest absolute Gasteiger partial charge is 0.490 e. The number of amides is 1. The van der Waals surface area contributed by atoms with Crippen LogP contribution >= 0.6 is 11.8 Å². The minimum Gasteiger partial charge on any atom is -0.490 e. The molecule has 1 aliphatic rings. The lowest BCUT2D eigenvalue weighted by atomic mass is 10.1. The quantitative estimate of drug-likeness (QED) is 0.657. The van der Waals surface area contributed by atoms with Gasteiger partial charge in [-0.1, -0.05) is 17.3 Å². The number of nitrogens with one attached hydrogen (secondary N) is 1. The Hall–Kier alpha value is -2.73. The molecule has 27 heavy (non-hydrogen) atoms. The summed E-state index contributed by atoms with van der Waals surface area (Å²) in [4.78, 5) is 13.4. The molecule has 1 amide bonds. The standard InChI is InChI=1S/C21H20N2O3S/c1-13-9-15-10-14(7-8-18(15)25-13)19-11-16(23-26-19)12-21(24)22-17-5-3-4-6-20(17)27-2/h3-8,10-11,13H,9,12H2,1-2H3,(H,22,24). The van der Waals surface area contributed by atoms with Crippen molar-refractivity contribution in [3.63, 3.8) is 0 Å². The summed E-state index contributed by atoms with van der Waals surface area (Å²) < 4.78 is 11.2. The van der Waals surface area contributed by atoms with Crippen molar-refractivity contribution < 1.29 is 14.1 Å². The van der Waals surface area contributed by atoms with Crippen LogP contribution in [0.3, 0.4) is 0 Å². The number of nitrogens with zero attached hydrogens (tertiary/aromatic N) is 1. The van der Waals surface area contributed by atoms with Gasteiger partial charge < -0.3 is 14.6 Å². The lowest BCUT2D eigenvalue weighted by molar-refractivity contribution is -0.115. The van der Waals surface area contributed by atoms with E-state index in [0.717, 1.165) is 28.3 Å². The van der Waals surface area contributed by atoms with Crippen LogP contribution in [0.2, 0.25) is 0 Å². The molecule has 3 aromatic rings. The van der Waals surface area contributed by atoms with Gasteiger partial charge in [-0.15, -0.1) is 11.8 Å². The van der Waals surface area contributed by atoms with Gasteiger partial charge in [-0.25, -0.2) is 0 Å². The van der Waals surface area contributed by atoms with Crippen molar-refractivity contribution in [2.24, 2.45) is 0 Å². The van der Waals surface area contributed by atoms with Crippen molar-refractivity contribution in [2.45, 2.75) is 30.8 Å². The Labute approximate surface area is 162 Å². The van der Waals surface area contributed by atoms with Gasteiger partial charge in [0.05, 0.1) is 17.8 Å². The minimum absolute atomic E-state index is 0.118. The average molecular weight is 380 g/mol. The number of ether oxygens (including phenoxy) is 1. The van der Waals surface area contributed by atoms with Crippen molar-refractivity contribution in [2.75, 3.05) is 11.6 Å². The zero-order chi connectivity index (χ0) is 18.8. The van der Waals surface area contributed by atoms with Crippen LogP contribution in [0.1, 0.15) is 18.2 Å². The van der Waals surface area contributed by atoms with Gasteiger partial charge in [0.25, 0.3) is 0 Å². The highest BCUT2D eigenvalue weighted by Crippen LogP contribution is 2.33. The molecular formula is C21H20N2O3S. The number of aromatic nitrogens is 1. The highest BCUT2D eigenvalue weighted by molar-refractivity contribution is 7.98. The third-order valence-electron chi connectivity index (χ3n) is 4.46. The molecule has 0 saturated heterocycles. The third kappa shape index (κ3) is 3.85. The number of carbonyl (C=O) groups excluding carboxylic acids is 1. The van der Waals surface area contributed by atoms with Gasteiger partial charge in [-0.3, -0.25) is 4.79 Å². The van der Waals surface area contributed by atoms with Gasteiger partial charge in [0, 0.05) is 22.9 Å². The summed E-state index contributed by atoms with van der Waals surface area (Å²) in [5.74, 6) is 1.47. The average Bonchev–Trinajstić information content (AvgIpc) is 3.26. The predicted octanol–water partition coefficient (Wildman–Crippen LogP) is 4.57. The maximum Gasteiger partial charge on any atom is 0.230 e. The monoisotopic (exact) mass is 380 g/mol. The third-order valence-corrected chi connectivity index (χ3v) is 5.26. The molecule has 1 aliphatic heterocycles. The lowest BCUT2D eigenvalue weighted by Gasteiger charge is -2.08. The predicted molar refractivity (Wildman–Crippen MR) is 106 cm³/mol. The highest BCUT2D eigenvalue weighted by atomic mass is 32.2. The van der Waals surface area contributed by atoms with Crippen molar-refractivity contribution in [1.82, 2.24) is 5.16 Å². The second kappa shape index (κ2) is 7.48. The first-order valence-electron chi connectivity index (χ1n) is 8.81. The first-order chi connectivity index (χ1) is 13.1. The zero-order valence-electron chi connectivity index (χ0n) is 15.2. The van der Waals surface area contributed by atoms with E-state index in [-0.39, 0.29) is 18.4 Å². The minimum atomic E-state index is -0.118. The molecule has 1 aromatic heterocycles. The molecule has 1 N–H and O–H groups in total. The van der Waals surface area contributed by atoms with Gasteiger partial charge >= 0.3 is 0 Å². The molecule has 2 heterocycles. The molecule has 6 heteroatoms. The fraction of sp³-hybridized carbons (Fsp3) is 0.238. The van der Waals surface area contributed by atoms with E-state index in [0.29, 0.717) is 11.5 Å². The fourth-order valence-corrected chi connectivity index (χ4v) is 3.77. The molecule has 0 fully saturated rings. The number of benzene rings is 2. The van der Waals surface area contributed by atoms with Gasteiger partial charge in [-0.05, 0) is 49.1 Å². The summed E-state index contributed by atoms with van der Waals surface area (Å²) in [6, 6.07) is 15.5. The molecular weight excluding hydrogens is 360 g/mol. The summed E-state index contributed by atoms with van der Waals surface area (Å²) in [5, 5.41) is 6.99. The number of carbonyl (C=O) groups is 1. The Bertz CT molecular complexity index is 983. The molecule has 2 aromatic carbocycles. The van der Waals surface area contributed by atoms with Gasteiger partial charge in [0.1, 0.15) is 11.9 Å². The van der Waals surface area contributed by atoms with Crippen molar-refractivity contribution in [3.05, 3.63) is 59.8 Å². The van der Waals surface area contributed by atoms with Crippen molar-refractivity contribution in [3.8, 4) is 17.1 Å². The Morgan fingerprint density at radius 2 is 2.11 bits per heavy atom. The molecule has 0 spiro atoms. The Morgan fingerprint density at radius 3 is 2.96 bits per heavy atom.